The molecule has 3 rings (SSSR count). The van der Waals surface area contributed by atoms with E-state index in [4.69, 9.17) is 4.52 Å². The van der Waals surface area contributed by atoms with E-state index in [-0.39, 0.29) is 0 Å². The zero-order chi connectivity index (χ0) is 13.8. The van der Waals surface area contributed by atoms with Crippen LogP contribution < -0.4 is 10.6 Å². The van der Waals surface area contributed by atoms with Crippen LogP contribution in [0.2, 0.25) is 0 Å². The molecule has 0 aliphatic heterocycles. The molecule has 0 amide bonds. The summed E-state index contributed by atoms with van der Waals surface area (Å²) in [5.74, 6) is 3.82. The Morgan fingerprint density at radius 2 is 2.05 bits per heavy atom. The highest BCUT2D eigenvalue weighted by molar-refractivity contribution is 5.48. The number of hydrogen-bond donors (Lipinski definition) is 2. The highest BCUT2D eigenvalue weighted by Crippen LogP contribution is 2.38. The van der Waals surface area contributed by atoms with Crippen LogP contribution in [0.25, 0.3) is 0 Å². The molecule has 0 unspecified atom stereocenters. The minimum Gasteiger partial charge on any atom is -0.370 e. The summed E-state index contributed by atoms with van der Waals surface area (Å²) in [5, 5.41) is 10.1. The van der Waals surface area contributed by atoms with Gasteiger partial charge in [-0.3, -0.25) is 0 Å². The lowest BCUT2D eigenvalue weighted by Gasteiger charge is -2.09. The van der Waals surface area contributed by atoms with Crippen LogP contribution in [0.15, 0.2) is 16.9 Å². The van der Waals surface area contributed by atoms with Crippen molar-refractivity contribution in [2.24, 2.45) is 0 Å². The SMILES string of the molecule is CCNc1cc(NCCc2ncno2)nc(C2CC2)n1. The van der Waals surface area contributed by atoms with Crippen LogP contribution in [0, 0.1) is 0 Å². The van der Waals surface area contributed by atoms with Crippen molar-refractivity contribution in [3.05, 3.63) is 24.1 Å². The van der Waals surface area contributed by atoms with Gasteiger partial charge in [-0.2, -0.15) is 4.98 Å². The summed E-state index contributed by atoms with van der Waals surface area (Å²) < 4.78 is 4.96. The quantitative estimate of drug-likeness (QED) is 0.796. The molecule has 0 radical (unpaired) electrons. The van der Waals surface area contributed by atoms with Crippen molar-refractivity contribution in [2.75, 3.05) is 23.7 Å². The number of rotatable bonds is 7. The van der Waals surface area contributed by atoms with Gasteiger partial charge in [-0.15, -0.1) is 0 Å². The van der Waals surface area contributed by atoms with Crippen LogP contribution in [0.5, 0.6) is 0 Å². The molecule has 1 saturated carbocycles. The Morgan fingerprint density at radius 3 is 2.70 bits per heavy atom. The van der Waals surface area contributed by atoms with Gasteiger partial charge in [0.25, 0.3) is 0 Å². The fourth-order valence-electron chi connectivity index (χ4n) is 1.96. The molecular weight excluding hydrogens is 256 g/mol. The van der Waals surface area contributed by atoms with E-state index in [2.05, 4.69) is 37.7 Å². The second-order valence-electron chi connectivity index (χ2n) is 4.81. The lowest BCUT2D eigenvalue weighted by atomic mass is 10.3. The van der Waals surface area contributed by atoms with Crippen molar-refractivity contribution in [2.45, 2.75) is 32.1 Å². The first-order valence-corrected chi connectivity index (χ1v) is 6.97. The molecule has 2 aromatic rings. The Hall–Kier alpha value is -2.18. The van der Waals surface area contributed by atoms with Gasteiger partial charge in [0.2, 0.25) is 5.89 Å². The second-order valence-corrected chi connectivity index (χ2v) is 4.81. The van der Waals surface area contributed by atoms with E-state index in [0.717, 1.165) is 24.0 Å². The Balaban J connectivity index is 1.64. The van der Waals surface area contributed by atoms with Crippen LogP contribution in [0.1, 0.15) is 37.4 Å². The van der Waals surface area contributed by atoms with Crippen molar-refractivity contribution in [3.8, 4) is 0 Å². The standard InChI is InChI=1S/C13H18N6O/c1-2-14-10-7-11(19-13(18-10)9-3-4-9)15-6-5-12-16-8-17-20-12/h7-9H,2-6H2,1H3,(H2,14,15,18,19). The molecule has 20 heavy (non-hydrogen) atoms. The molecule has 0 spiro atoms. The number of nitrogens with zero attached hydrogens (tertiary/aromatic N) is 4. The average molecular weight is 274 g/mol. The molecule has 7 heteroatoms. The molecule has 0 aromatic carbocycles. The molecule has 0 bridgehead atoms. The van der Waals surface area contributed by atoms with Crippen molar-refractivity contribution < 1.29 is 4.52 Å². The van der Waals surface area contributed by atoms with Gasteiger partial charge in [-0.05, 0) is 19.8 Å². The van der Waals surface area contributed by atoms with Gasteiger partial charge in [-0.1, -0.05) is 5.16 Å². The molecule has 7 nitrogen and oxygen atoms in total. The topological polar surface area (TPSA) is 88.8 Å². The number of nitrogens with one attached hydrogen (secondary N) is 2. The Morgan fingerprint density at radius 1 is 1.25 bits per heavy atom. The molecule has 2 aromatic heterocycles. The van der Waals surface area contributed by atoms with Crippen molar-refractivity contribution >= 4 is 11.6 Å². The monoisotopic (exact) mass is 274 g/mol. The van der Waals surface area contributed by atoms with Gasteiger partial charge in [0.05, 0.1) is 0 Å². The zero-order valence-corrected chi connectivity index (χ0v) is 11.5. The Bertz CT molecular complexity index is 552. The van der Waals surface area contributed by atoms with Crippen LogP contribution >= 0.6 is 0 Å². The van der Waals surface area contributed by atoms with Gasteiger partial charge in [0.1, 0.15) is 17.5 Å². The summed E-state index contributed by atoms with van der Waals surface area (Å²) in [4.78, 5) is 13.1. The minimum atomic E-state index is 0.532. The van der Waals surface area contributed by atoms with Crippen molar-refractivity contribution in [1.82, 2.24) is 20.1 Å². The summed E-state index contributed by atoms with van der Waals surface area (Å²) in [6, 6.07) is 1.93. The van der Waals surface area contributed by atoms with Crippen LogP contribution in [0.4, 0.5) is 11.6 Å². The molecule has 106 valence electrons. The molecule has 0 atom stereocenters. The van der Waals surface area contributed by atoms with E-state index in [1.165, 1.54) is 19.2 Å². The molecule has 2 heterocycles. The summed E-state index contributed by atoms with van der Waals surface area (Å²) >= 11 is 0. The van der Waals surface area contributed by atoms with E-state index < -0.39 is 0 Å². The Kier molecular flexibility index (Phi) is 3.76. The lowest BCUT2D eigenvalue weighted by molar-refractivity contribution is 0.379. The fraction of sp³-hybridized carbons (Fsp3) is 0.538. The van der Waals surface area contributed by atoms with E-state index >= 15 is 0 Å². The van der Waals surface area contributed by atoms with Gasteiger partial charge in [-0.25, -0.2) is 9.97 Å². The Labute approximate surface area is 117 Å². The maximum absolute atomic E-state index is 4.96. The van der Waals surface area contributed by atoms with Crippen molar-refractivity contribution in [3.63, 3.8) is 0 Å². The summed E-state index contributed by atoms with van der Waals surface area (Å²) in [6.45, 7) is 3.61. The van der Waals surface area contributed by atoms with Gasteiger partial charge in [0, 0.05) is 31.5 Å². The lowest BCUT2D eigenvalue weighted by Crippen LogP contribution is -2.10. The van der Waals surface area contributed by atoms with Gasteiger partial charge < -0.3 is 15.2 Å². The van der Waals surface area contributed by atoms with Crippen molar-refractivity contribution in [1.29, 1.82) is 0 Å². The summed E-state index contributed by atoms with van der Waals surface area (Å²) in [6.07, 6.45) is 4.47. The van der Waals surface area contributed by atoms with Gasteiger partial charge in [0.15, 0.2) is 6.33 Å². The summed E-state index contributed by atoms with van der Waals surface area (Å²) in [5.41, 5.74) is 0. The highest BCUT2D eigenvalue weighted by atomic mass is 16.5. The zero-order valence-electron chi connectivity index (χ0n) is 11.5. The molecule has 0 saturated heterocycles. The highest BCUT2D eigenvalue weighted by Gasteiger charge is 2.27. The first-order chi connectivity index (χ1) is 9.85. The van der Waals surface area contributed by atoms with E-state index in [1.807, 2.05) is 6.07 Å². The third kappa shape index (κ3) is 3.23. The maximum Gasteiger partial charge on any atom is 0.228 e. The normalized spacial score (nSPS) is 14.2. The van der Waals surface area contributed by atoms with Gasteiger partial charge >= 0.3 is 0 Å². The van der Waals surface area contributed by atoms with E-state index in [9.17, 15) is 0 Å². The number of anilines is 2. The maximum atomic E-state index is 4.96. The third-order valence-electron chi connectivity index (χ3n) is 3.10. The van der Waals surface area contributed by atoms with Crippen LogP contribution in [-0.2, 0) is 6.42 Å². The molecule has 1 aliphatic rings. The van der Waals surface area contributed by atoms with E-state index in [0.29, 0.717) is 24.8 Å². The molecule has 1 fully saturated rings. The molecular formula is C13H18N6O. The van der Waals surface area contributed by atoms with Crippen LogP contribution in [-0.4, -0.2) is 33.2 Å². The predicted molar refractivity (Wildman–Crippen MR) is 74.7 cm³/mol. The van der Waals surface area contributed by atoms with E-state index in [1.54, 1.807) is 0 Å². The molecule has 1 aliphatic carbocycles. The smallest absolute Gasteiger partial charge is 0.228 e. The summed E-state index contributed by atoms with van der Waals surface area (Å²) in [7, 11) is 0. The third-order valence-corrected chi connectivity index (χ3v) is 3.10. The predicted octanol–water partition coefficient (Wildman–Crippen LogP) is 1.82. The first-order valence-electron chi connectivity index (χ1n) is 6.97. The minimum absolute atomic E-state index is 0.532. The number of aromatic nitrogens is 4. The second kappa shape index (κ2) is 5.85. The first kappa shape index (κ1) is 12.8. The average Bonchev–Trinajstić information content (AvgIpc) is 3.17. The molecule has 2 N–H and O–H groups in total. The number of hydrogen-bond acceptors (Lipinski definition) is 7. The fourth-order valence-corrected chi connectivity index (χ4v) is 1.96. The largest absolute Gasteiger partial charge is 0.370 e. The van der Waals surface area contributed by atoms with Crippen LogP contribution in [0.3, 0.4) is 0 Å².